The predicted octanol–water partition coefficient (Wildman–Crippen LogP) is 5.80. The van der Waals surface area contributed by atoms with Crippen molar-refractivity contribution in [3.8, 4) is 5.75 Å². The van der Waals surface area contributed by atoms with Gasteiger partial charge in [0.2, 0.25) is 0 Å². The van der Waals surface area contributed by atoms with Gasteiger partial charge in [-0.15, -0.1) is 0 Å². The average Bonchev–Trinajstić information content (AvgIpc) is 3.33. The van der Waals surface area contributed by atoms with Gasteiger partial charge < -0.3 is 19.5 Å². The molecule has 2 N–H and O–H groups in total. The molecule has 1 atom stereocenters. The summed E-state index contributed by atoms with van der Waals surface area (Å²) < 4.78 is 8.31. The molecule has 1 saturated heterocycles. The molecule has 0 aliphatic carbocycles. The van der Waals surface area contributed by atoms with E-state index in [1.807, 2.05) is 60.6 Å². The van der Waals surface area contributed by atoms with E-state index in [9.17, 15) is 10.2 Å². The largest absolute Gasteiger partial charge is 0.493 e. The third-order valence-corrected chi connectivity index (χ3v) is 7.97. The average molecular weight is 508 g/mol. The number of benzene rings is 2. The second-order valence-corrected chi connectivity index (χ2v) is 10.6. The van der Waals surface area contributed by atoms with Gasteiger partial charge in [0.1, 0.15) is 12.0 Å². The third kappa shape index (κ3) is 4.59. The Morgan fingerprint density at radius 2 is 1.86 bits per heavy atom. The second-order valence-electron chi connectivity index (χ2n) is 10.2. The lowest BCUT2D eigenvalue weighted by Gasteiger charge is -2.40. The van der Waals surface area contributed by atoms with Crippen molar-refractivity contribution in [3.05, 3.63) is 71.1 Å². The molecule has 36 heavy (non-hydrogen) atoms. The minimum Gasteiger partial charge on any atom is -0.493 e. The molecule has 0 saturated carbocycles. The van der Waals surface area contributed by atoms with E-state index >= 15 is 0 Å². The summed E-state index contributed by atoms with van der Waals surface area (Å²) in [5, 5.41) is 26.1. The van der Waals surface area contributed by atoms with Gasteiger partial charge in [0.15, 0.2) is 0 Å². The number of ether oxygens (including phenoxy) is 1. The highest BCUT2D eigenvalue weighted by atomic mass is 35.5. The number of aliphatic hydroxyl groups is 2. The van der Waals surface area contributed by atoms with Crippen LogP contribution in [0.1, 0.15) is 50.3 Å². The van der Waals surface area contributed by atoms with Crippen molar-refractivity contribution < 1.29 is 14.9 Å². The first-order chi connectivity index (χ1) is 17.3. The number of fused-ring (bicyclic) bond motifs is 2. The fourth-order valence-electron chi connectivity index (χ4n) is 5.36. The minimum absolute atomic E-state index is 0.291. The van der Waals surface area contributed by atoms with Crippen LogP contribution in [0.2, 0.25) is 5.02 Å². The molecule has 5 rings (SSSR count). The fourth-order valence-corrected chi connectivity index (χ4v) is 5.61. The highest BCUT2D eigenvalue weighted by Gasteiger charge is 2.37. The molecule has 0 radical (unpaired) electrons. The Labute approximate surface area is 217 Å². The van der Waals surface area contributed by atoms with Crippen molar-refractivity contribution >= 4 is 33.3 Å². The molecule has 1 fully saturated rings. The SMILES string of the molecule is Cc1cc(OCCC(O)N2CCC(O)(c3cncc4ccccc34)CC2)c2ccn(C(C)C)c2c1Cl. The number of hydrogen-bond donors (Lipinski definition) is 2. The highest BCUT2D eigenvalue weighted by Crippen LogP contribution is 2.38. The molecule has 2 aromatic heterocycles. The molecule has 3 heterocycles. The van der Waals surface area contributed by atoms with Crippen molar-refractivity contribution in [2.24, 2.45) is 0 Å². The molecular formula is C29H34ClN3O3. The van der Waals surface area contributed by atoms with Gasteiger partial charge in [0.25, 0.3) is 0 Å². The molecule has 1 aliphatic rings. The summed E-state index contributed by atoms with van der Waals surface area (Å²) in [4.78, 5) is 6.37. The Morgan fingerprint density at radius 1 is 1.11 bits per heavy atom. The zero-order chi connectivity index (χ0) is 25.4. The Bertz CT molecular complexity index is 1370. The molecular weight excluding hydrogens is 474 g/mol. The van der Waals surface area contributed by atoms with Crippen LogP contribution >= 0.6 is 11.6 Å². The quantitative estimate of drug-likeness (QED) is 0.330. The van der Waals surface area contributed by atoms with Crippen molar-refractivity contribution in [3.63, 3.8) is 0 Å². The number of piperidine rings is 1. The predicted molar refractivity (Wildman–Crippen MR) is 145 cm³/mol. The van der Waals surface area contributed by atoms with Crippen molar-refractivity contribution in [1.29, 1.82) is 0 Å². The number of aliphatic hydroxyl groups excluding tert-OH is 1. The first kappa shape index (κ1) is 25.0. The topological polar surface area (TPSA) is 70.8 Å². The van der Waals surface area contributed by atoms with Gasteiger partial charge in [-0.05, 0) is 56.7 Å². The molecule has 0 amide bonds. The maximum absolute atomic E-state index is 11.5. The van der Waals surface area contributed by atoms with E-state index < -0.39 is 11.8 Å². The van der Waals surface area contributed by atoms with Gasteiger partial charge in [-0.3, -0.25) is 9.88 Å². The van der Waals surface area contributed by atoms with Crippen molar-refractivity contribution in [1.82, 2.24) is 14.5 Å². The van der Waals surface area contributed by atoms with Crippen LogP contribution in [0.3, 0.4) is 0 Å². The number of likely N-dealkylation sites (tertiary alicyclic amines) is 1. The third-order valence-electron chi connectivity index (χ3n) is 7.49. The minimum atomic E-state index is -0.948. The van der Waals surface area contributed by atoms with Gasteiger partial charge in [-0.1, -0.05) is 35.9 Å². The molecule has 0 bridgehead atoms. The molecule has 2 aromatic carbocycles. The first-order valence-electron chi connectivity index (χ1n) is 12.7. The van der Waals surface area contributed by atoms with Gasteiger partial charge in [-0.2, -0.15) is 0 Å². The lowest BCUT2D eigenvalue weighted by molar-refractivity contribution is -0.0814. The monoisotopic (exact) mass is 507 g/mol. The lowest BCUT2D eigenvalue weighted by atomic mass is 9.83. The summed E-state index contributed by atoms with van der Waals surface area (Å²) in [6.45, 7) is 7.83. The van der Waals surface area contributed by atoms with Gasteiger partial charge >= 0.3 is 0 Å². The van der Waals surface area contributed by atoms with Crippen LogP contribution in [0.15, 0.2) is 55.0 Å². The number of aryl methyl sites for hydroxylation is 1. The number of hydrogen-bond acceptors (Lipinski definition) is 5. The van der Waals surface area contributed by atoms with E-state index in [4.69, 9.17) is 16.3 Å². The summed E-state index contributed by atoms with van der Waals surface area (Å²) in [5.41, 5.74) is 1.88. The summed E-state index contributed by atoms with van der Waals surface area (Å²) in [5.74, 6) is 0.787. The number of nitrogens with zero attached hydrogens (tertiary/aromatic N) is 3. The van der Waals surface area contributed by atoms with Gasteiger partial charge in [-0.25, -0.2) is 0 Å². The fraction of sp³-hybridized carbons (Fsp3) is 0.414. The van der Waals surface area contributed by atoms with Crippen LogP contribution in [0.5, 0.6) is 5.75 Å². The Hall–Kier alpha value is -2.64. The molecule has 7 heteroatoms. The summed E-state index contributed by atoms with van der Waals surface area (Å²) in [6, 6.07) is 12.3. The van der Waals surface area contributed by atoms with Crippen LogP contribution in [0.4, 0.5) is 0 Å². The van der Waals surface area contributed by atoms with Crippen LogP contribution < -0.4 is 4.74 Å². The summed E-state index contributed by atoms with van der Waals surface area (Å²) in [6.07, 6.45) is 6.58. The van der Waals surface area contributed by atoms with E-state index in [2.05, 4.69) is 23.4 Å². The van der Waals surface area contributed by atoms with E-state index in [0.29, 0.717) is 45.0 Å². The molecule has 4 aromatic rings. The van der Waals surface area contributed by atoms with Crippen LogP contribution in [-0.4, -0.2) is 50.6 Å². The first-order valence-corrected chi connectivity index (χ1v) is 13.1. The maximum atomic E-state index is 11.5. The zero-order valence-electron chi connectivity index (χ0n) is 21.1. The standard InChI is InChI=1S/C29H34ClN3O3/c1-19(2)33-12-8-23-25(16-20(3)27(30)28(23)33)36-15-9-26(34)32-13-10-29(35,11-14-32)24-18-31-17-21-6-4-5-7-22(21)24/h4-8,12,16-19,26,34-35H,9-11,13-15H2,1-3H3. The Balaban J connectivity index is 1.22. The number of aromatic nitrogens is 2. The van der Waals surface area contributed by atoms with E-state index in [1.165, 1.54) is 0 Å². The van der Waals surface area contributed by atoms with Crippen LogP contribution in [0.25, 0.3) is 21.7 Å². The van der Waals surface area contributed by atoms with Crippen molar-refractivity contribution in [2.75, 3.05) is 19.7 Å². The Kier molecular flexibility index (Phi) is 6.97. The van der Waals surface area contributed by atoms with E-state index in [1.54, 1.807) is 6.20 Å². The normalized spacial score (nSPS) is 17.2. The number of pyridine rings is 1. The van der Waals surface area contributed by atoms with E-state index in [0.717, 1.165) is 43.6 Å². The molecule has 1 aliphatic heterocycles. The molecule has 190 valence electrons. The molecule has 6 nitrogen and oxygen atoms in total. The zero-order valence-corrected chi connectivity index (χ0v) is 21.9. The molecule has 1 unspecified atom stereocenters. The highest BCUT2D eigenvalue weighted by molar-refractivity contribution is 6.36. The summed E-state index contributed by atoms with van der Waals surface area (Å²) in [7, 11) is 0. The smallest absolute Gasteiger partial charge is 0.129 e. The van der Waals surface area contributed by atoms with Crippen molar-refractivity contribution in [2.45, 2.75) is 57.9 Å². The Morgan fingerprint density at radius 3 is 2.61 bits per heavy atom. The number of halogens is 1. The van der Waals surface area contributed by atoms with Gasteiger partial charge in [0.05, 0.1) is 22.7 Å². The number of rotatable bonds is 7. The van der Waals surface area contributed by atoms with Gasteiger partial charge in [0, 0.05) is 60.5 Å². The maximum Gasteiger partial charge on any atom is 0.129 e. The second kappa shape index (κ2) is 10.0. The van der Waals surface area contributed by atoms with Crippen LogP contribution in [0, 0.1) is 6.92 Å². The lowest BCUT2D eigenvalue weighted by Crippen LogP contribution is -2.47. The molecule has 0 spiro atoms. The summed E-state index contributed by atoms with van der Waals surface area (Å²) >= 11 is 6.63. The van der Waals surface area contributed by atoms with E-state index in [-0.39, 0.29) is 0 Å². The van der Waals surface area contributed by atoms with Crippen LogP contribution in [-0.2, 0) is 5.60 Å².